The molecule has 0 unspecified atom stereocenters. The zero-order chi connectivity index (χ0) is 16.9. The first-order valence-corrected chi connectivity index (χ1v) is 8.79. The Bertz CT molecular complexity index is 693. The van der Waals surface area contributed by atoms with E-state index in [1.807, 2.05) is 6.07 Å². The third-order valence-electron chi connectivity index (χ3n) is 4.77. The van der Waals surface area contributed by atoms with Crippen LogP contribution in [0.3, 0.4) is 0 Å². The summed E-state index contributed by atoms with van der Waals surface area (Å²) in [7, 11) is 0. The average Bonchev–Trinajstić information content (AvgIpc) is 2.58. The molecule has 0 bridgehead atoms. The van der Waals surface area contributed by atoms with Gasteiger partial charge in [0.05, 0.1) is 0 Å². The van der Waals surface area contributed by atoms with Gasteiger partial charge in [-0.05, 0) is 79.5 Å². The van der Waals surface area contributed by atoms with Gasteiger partial charge in [-0.1, -0.05) is 23.7 Å². The van der Waals surface area contributed by atoms with Crippen molar-refractivity contribution in [1.29, 1.82) is 0 Å². The predicted octanol–water partition coefficient (Wildman–Crippen LogP) is 5.78. The molecule has 1 aliphatic rings. The van der Waals surface area contributed by atoms with Crippen LogP contribution in [0.15, 0.2) is 48.5 Å². The second kappa shape index (κ2) is 7.80. The lowest BCUT2D eigenvalue weighted by molar-refractivity contribution is -0.117. The van der Waals surface area contributed by atoms with Gasteiger partial charge in [0.1, 0.15) is 5.82 Å². The van der Waals surface area contributed by atoms with Crippen LogP contribution in [0.2, 0.25) is 5.02 Å². The molecule has 0 spiro atoms. The number of nitrogens with one attached hydrogen (secondary N) is 1. The Kier molecular flexibility index (Phi) is 5.52. The normalized spacial score (nSPS) is 20.6. The van der Waals surface area contributed by atoms with Crippen LogP contribution in [0.5, 0.6) is 0 Å². The van der Waals surface area contributed by atoms with Gasteiger partial charge >= 0.3 is 0 Å². The maximum absolute atomic E-state index is 13.3. The van der Waals surface area contributed by atoms with Crippen molar-refractivity contribution in [2.45, 2.75) is 38.0 Å². The summed E-state index contributed by atoms with van der Waals surface area (Å²) in [5, 5.41) is 3.58. The molecule has 0 heterocycles. The zero-order valence-corrected chi connectivity index (χ0v) is 14.2. The number of carbonyl (C=O) groups excluding carboxylic acids is 1. The summed E-state index contributed by atoms with van der Waals surface area (Å²) in [5.74, 6) is 0.696. The van der Waals surface area contributed by atoms with E-state index in [0.29, 0.717) is 23.3 Å². The highest BCUT2D eigenvalue weighted by molar-refractivity contribution is 6.30. The van der Waals surface area contributed by atoms with Crippen molar-refractivity contribution in [3.8, 4) is 0 Å². The molecule has 126 valence electrons. The minimum absolute atomic E-state index is 0.0477. The molecule has 0 radical (unpaired) electrons. The first-order chi connectivity index (χ1) is 11.6. The Morgan fingerprint density at radius 3 is 2.46 bits per heavy atom. The monoisotopic (exact) mass is 345 g/mol. The fourth-order valence-electron chi connectivity index (χ4n) is 3.47. The minimum atomic E-state index is -0.169. The smallest absolute Gasteiger partial charge is 0.224 e. The van der Waals surface area contributed by atoms with Crippen LogP contribution in [0.4, 0.5) is 10.1 Å². The van der Waals surface area contributed by atoms with Crippen LogP contribution in [0.25, 0.3) is 0 Å². The van der Waals surface area contributed by atoms with Crippen LogP contribution in [-0.2, 0) is 4.79 Å². The Morgan fingerprint density at radius 2 is 1.79 bits per heavy atom. The van der Waals surface area contributed by atoms with E-state index < -0.39 is 0 Å². The SMILES string of the molecule is O=C(C[C@H]1CC[C@H](c2cccc(F)c2)CC1)Nc1ccc(Cl)cc1. The number of hydrogen-bond acceptors (Lipinski definition) is 1. The van der Waals surface area contributed by atoms with Crippen LogP contribution >= 0.6 is 11.6 Å². The van der Waals surface area contributed by atoms with Crippen LogP contribution in [-0.4, -0.2) is 5.91 Å². The lowest BCUT2D eigenvalue weighted by Crippen LogP contribution is -2.20. The molecule has 2 aromatic carbocycles. The molecular weight excluding hydrogens is 325 g/mol. The molecule has 1 N–H and O–H groups in total. The highest BCUT2D eigenvalue weighted by Gasteiger charge is 2.24. The molecular formula is C20H21ClFNO. The van der Waals surface area contributed by atoms with Crippen LogP contribution < -0.4 is 5.32 Å². The van der Waals surface area contributed by atoms with Crippen LogP contribution in [0, 0.1) is 11.7 Å². The lowest BCUT2D eigenvalue weighted by Gasteiger charge is -2.28. The number of halogens is 2. The van der Waals surface area contributed by atoms with Gasteiger partial charge in [0, 0.05) is 17.1 Å². The number of amides is 1. The molecule has 2 nitrogen and oxygen atoms in total. The van der Waals surface area contributed by atoms with E-state index in [-0.39, 0.29) is 11.7 Å². The maximum atomic E-state index is 13.3. The lowest BCUT2D eigenvalue weighted by atomic mass is 9.77. The minimum Gasteiger partial charge on any atom is -0.326 e. The first-order valence-electron chi connectivity index (χ1n) is 8.41. The third kappa shape index (κ3) is 4.57. The van der Waals surface area contributed by atoms with Crippen molar-refractivity contribution in [1.82, 2.24) is 0 Å². The molecule has 1 aliphatic carbocycles. The summed E-state index contributed by atoms with van der Waals surface area (Å²) >= 11 is 5.84. The number of rotatable bonds is 4. The van der Waals surface area contributed by atoms with Gasteiger partial charge in [-0.2, -0.15) is 0 Å². The Labute approximate surface area is 147 Å². The Morgan fingerprint density at radius 1 is 1.08 bits per heavy atom. The quantitative estimate of drug-likeness (QED) is 0.747. The van der Waals surface area contributed by atoms with Gasteiger partial charge in [-0.15, -0.1) is 0 Å². The van der Waals surface area contributed by atoms with E-state index in [2.05, 4.69) is 5.32 Å². The van der Waals surface area contributed by atoms with E-state index >= 15 is 0 Å². The van der Waals surface area contributed by atoms with Gasteiger partial charge < -0.3 is 5.32 Å². The van der Waals surface area contributed by atoms with Crippen molar-refractivity contribution >= 4 is 23.2 Å². The molecule has 24 heavy (non-hydrogen) atoms. The summed E-state index contributed by atoms with van der Waals surface area (Å²) in [4.78, 5) is 12.2. The van der Waals surface area contributed by atoms with Gasteiger partial charge in [0.2, 0.25) is 5.91 Å². The van der Waals surface area contributed by atoms with Crippen LogP contribution in [0.1, 0.15) is 43.6 Å². The molecule has 2 aromatic rings. The Balaban J connectivity index is 1.48. The molecule has 0 aromatic heterocycles. The number of hydrogen-bond donors (Lipinski definition) is 1. The topological polar surface area (TPSA) is 29.1 Å². The Hall–Kier alpha value is -1.87. The molecule has 0 aliphatic heterocycles. The van der Waals surface area contributed by atoms with Crippen molar-refractivity contribution in [3.63, 3.8) is 0 Å². The number of anilines is 1. The fourth-order valence-corrected chi connectivity index (χ4v) is 3.59. The summed E-state index contributed by atoms with van der Waals surface area (Å²) in [5.41, 5.74) is 1.86. The van der Waals surface area contributed by atoms with Gasteiger partial charge in [0.15, 0.2) is 0 Å². The number of carbonyl (C=O) groups is 1. The van der Waals surface area contributed by atoms with E-state index in [1.165, 1.54) is 6.07 Å². The molecule has 1 saturated carbocycles. The summed E-state index contributed by atoms with van der Waals surface area (Å²) in [6, 6.07) is 14.0. The second-order valence-corrected chi connectivity index (χ2v) is 6.97. The largest absolute Gasteiger partial charge is 0.326 e. The van der Waals surface area contributed by atoms with E-state index in [9.17, 15) is 9.18 Å². The predicted molar refractivity (Wildman–Crippen MR) is 95.8 cm³/mol. The molecule has 3 rings (SSSR count). The summed E-state index contributed by atoms with van der Waals surface area (Å²) in [6.07, 6.45) is 4.59. The van der Waals surface area contributed by atoms with E-state index in [1.54, 1.807) is 36.4 Å². The fraction of sp³-hybridized carbons (Fsp3) is 0.350. The van der Waals surface area contributed by atoms with Crippen molar-refractivity contribution in [2.75, 3.05) is 5.32 Å². The van der Waals surface area contributed by atoms with Gasteiger partial charge in [0.25, 0.3) is 0 Å². The molecule has 4 heteroatoms. The average molecular weight is 346 g/mol. The van der Waals surface area contributed by atoms with Gasteiger partial charge in [-0.25, -0.2) is 4.39 Å². The van der Waals surface area contributed by atoms with Crippen molar-refractivity contribution in [2.24, 2.45) is 5.92 Å². The first kappa shape index (κ1) is 17.0. The van der Waals surface area contributed by atoms with Crippen molar-refractivity contribution in [3.05, 3.63) is 64.9 Å². The molecule has 0 atom stereocenters. The summed E-state index contributed by atoms with van der Waals surface area (Å²) in [6.45, 7) is 0. The number of benzene rings is 2. The highest BCUT2D eigenvalue weighted by Crippen LogP contribution is 2.37. The van der Waals surface area contributed by atoms with E-state index in [4.69, 9.17) is 11.6 Å². The highest BCUT2D eigenvalue weighted by atomic mass is 35.5. The molecule has 1 amide bonds. The summed E-state index contributed by atoms with van der Waals surface area (Å²) < 4.78 is 13.3. The maximum Gasteiger partial charge on any atom is 0.224 e. The van der Waals surface area contributed by atoms with Crippen molar-refractivity contribution < 1.29 is 9.18 Å². The molecule has 1 fully saturated rings. The van der Waals surface area contributed by atoms with E-state index in [0.717, 1.165) is 36.9 Å². The third-order valence-corrected chi connectivity index (χ3v) is 5.02. The standard InChI is InChI=1S/C20H21ClFNO/c21-17-8-10-19(11-9-17)23-20(24)12-14-4-6-15(7-5-14)16-2-1-3-18(22)13-16/h1-3,8-11,13-15H,4-7,12H2,(H,23,24)/t14-,15-. The second-order valence-electron chi connectivity index (χ2n) is 6.53. The molecule has 0 saturated heterocycles. The van der Waals surface area contributed by atoms with Gasteiger partial charge in [-0.3, -0.25) is 4.79 Å². The zero-order valence-electron chi connectivity index (χ0n) is 13.5.